The van der Waals surface area contributed by atoms with Crippen molar-refractivity contribution in [2.75, 3.05) is 11.9 Å². The topological polar surface area (TPSA) is 59.0 Å². The Labute approximate surface area is 118 Å². The molecule has 1 aromatic carbocycles. The largest absolute Gasteiger partial charge is 0.385 e. The van der Waals surface area contributed by atoms with E-state index in [0.717, 1.165) is 24.9 Å². The highest BCUT2D eigenvalue weighted by atomic mass is 16.1. The number of aryl methyl sites for hydroxylation is 2. The van der Waals surface area contributed by atoms with Gasteiger partial charge in [0.25, 0.3) is 5.91 Å². The minimum atomic E-state index is -0.140. The maximum absolute atomic E-state index is 12.0. The number of benzene rings is 1. The molecule has 20 heavy (non-hydrogen) atoms. The van der Waals surface area contributed by atoms with Crippen molar-refractivity contribution < 1.29 is 4.79 Å². The van der Waals surface area contributed by atoms with E-state index >= 15 is 0 Å². The summed E-state index contributed by atoms with van der Waals surface area (Å²) < 4.78 is 1.76. The molecule has 0 bridgehead atoms. The second-order valence-corrected chi connectivity index (χ2v) is 5.09. The van der Waals surface area contributed by atoms with Crippen LogP contribution in [-0.2, 0) is 20.0 Å². The molecule has 0 aliphatic carbocycles. The predicted octanol–water partition coefficient (Wildman–Crippen LogP) is 1.71. The standard InChI is InChI=1S/C15H18N4O/c1-19-9-13(18-10-19)15(20)17-8-12-5-2-4-11-6-3-7-16-14(11)12/h2,4-5,9-10,16H,3,6-8H2,1H3,(H,17,20). The van der Waals surface area contributed by atoms with E-state index in [-0.39, 0.29) is 5.91 Å². The number of hydrogen-bond donors (Lipinski definition) is 2. The summed E-state index contributed by atoms with van der Waals surface area (Å²) in [6.07, 6.45) is 5.61. The summed E-state index contributed by atoms with van der Waals surface area (Å²) in [4.78, 5) is 16.0. The lowest BCUT2D eigenvalue weighted by Gasteiger charge is -2.21. The molecule has 0 saturated heterocycles. The lowest BCUT2D eigenvalue weighted by atomic mass is 9.99. The average molecular weight is 270 g/mol. The van der Waals surface area contributed by atoms with Gasteiger partial charge >= 0.3 is 0 Å². The number of anilines is 1. The number of amides is 1. The molecule has 2 N–H and O–H groups in total. The van der Waals surface area contributed by atoms with E-state index in [1.165, 1.54) is 11.3 Å². The van der Waals surface area contributed by atoms with Gasteiger partial charge in [-0.05, 0) is 24.0 Å². The molecule has 2 heterocycles. The van der Waals surface area contributed by atoms with Crippen molar-refractivity contribution in [1.29, 1.82) is 0 Å². The Bertz CT molecular complexity index is 633. The highest BCUT2D eigenvalue weighted by Gasteiger charge is 2.13. The number of fused-ring (bicyclic) bond motifs is 1. The van der Waals surface area contributed by atoms with E-state index in [0.29, 0.717) is 12.2 Å². The van der Waals surface area contributed by atoms with Gasteiger partial charge in [-0.1, -0.05) is 18.2 Å². The van der Waals surface area contributed by atoms with Gasteiger partial charge in [0.05, 0.1) is 6.33 Å². The minimum Gasteiger partial charge on any atom is -0.385 e. The third kappa shape index (κ3) is 2.52. The van der Waals surface area contributed by atoms with Gasteiger partial charge in [0.15, 0.2) is 0 Å². The van der Waals surface area contributed by atoms with Crippen LogP contribution in [0.15, 0.2) is 30.7 Å². The Hall–Kier alpha value is -2.30. The van der Waals surface area contributed by atoms with Crippen molar-refractivity contribution in [3.63, 3.8) is 0 Å². The van der Waals surface area contributed by atoms with Crippen LogP contribution in [0, 0.1) is 0 Å². The fraction of sp³-hybridized carbons (Fsp3) is 0.333. The zero-order chi connectivity index (χ0) is 13.9. The van der Waals surface area contributed by atoms with Crippen molar-refractivity contribution in [3.05, 3.63) is 47.5 Å². The van der Waals surface area contributed by atoms with Crippen molar-refractivity contribution >= 4 is 11.6 Å². The van der Waals surface area contributed by atoms with Crippen LogP contribution in [0.2, 0.25) is 0 Å². The van der Waals surface area contributed by atoms with Crippen LogP contribution in [0.3, 0.4) is 0 Å². The molecule has 0 atom stereocenters. The van der Waals surface area contributed by atoms with Crippen LogP contribution in [0.1, 0.15) is 28.0 Å². The number of imidazole rings is 1. The smallest absolute Gasteiger partial charge is 0.271 e. The summed E-state index contributed by atoms with van der Waals surface area (Å²) >= 11 is 0. The average Bonchev–Trinajstić information content (AvgIpc) is 2.91. The number of nitrogens with one attached hydrogen (secondary N) is 2. The second-order valence-electron chi connectivity index (χ2n) is 5.09. The Kier molecular flexibility index (Phi) is 3.41. The van der Waals surface area contributed by atoms with Crippen molar-refractivity contribution in [1.82, 2.24) is 14.9 Å². The molecule has 0 unspecified atom stereocenters. The Morgan fingerprint density at radius 3 is 3.20 bits per heavy atom. The summed E-state index contributed by atoms with van der Waals surface area (Å²) in [7, 11) is 1.85. The molecule has 1 aromatic heterocycles. The zero-order valence-corrected chi connectivity index (χ0v) is 11.5. The van der Waals surface area contributed by atoms with Crippen LogP contribution < -0.4 is 10.6 Å². The quantitative estimate of drug-likeness (QED) is 0.892. The molecule has 104 valence electrons. The molecule has 5 heteroatoms. The Morgan fingerprint density at radius 2 is 2.40 bits per heavy atom. The molecule has 5 nitrogen and oxygen atoms in total. The molecule has 0 radical (unpaired) electrons. The van der Waals surface area contributed by atoms with E-state index in [1.807, 2.05) is 13.1 Å². The summed E-state index contributed by atoms with van der Waals surface area (Å²) in [6.45, 7) is 1.52. The minimum absolute atomic E-state index is 0.140. The molecule has 0 fully saturated rings. The fourth-order valence-corrected chi connectivity index (χ4v) is 2.52. The number of rotatable bonds is 3. The van der Waals surface area contributed by atoms with Gasteiger partial charge in [-0.15, -0.1) is 0 Å². The Balaban J connectivity index is 1.71. The lowest BCUT2D eigenvalue weighted by molar-refractivity contribution is 0.0946. The first kappa shape index (κ1) is 12.7. The molecule has 0 saturated carbocycles. The van der Waals surface area contributed by atoms with Gasteiger partial charge in [-0.25, -0.2) is 4.98 Å². The highest BCUT2D eigenvalue weighted by molar-refractivity contribution is 5.92. The van der Waals surface area contributed by atoms with Crippen LogP contribution in [0.5, 0.6) is 0 Å². The summed E-state index contributed by atoms with van der Waals surface area (Å²) in [6, 6.07) is 6.25. The Morgan fingerprint density at radius 1 is 1.50 bits per heavy atom. The first-order valence-electron chi connectivity index (χ1n) is 6.85. The van der Waals surface area contributed by atoms with Gasteiger partial charge in [-0.3, -0.25) is 4.79 Å². The second kappa shape index (κ2) is 5.36. The van der Waals surface area contributed by atoms with Gasteiger partial charge in [0, 0.05) is 32.0 Å². The van der Waals surface area contributed by atoms with Crippen LogP contribution in [0.4, 0.5) is 5.69 Å². The van der Waals surface area contributed by atoms with E-state index in [4.69, 9.17) is 0 Å². The lowest BCUT2D eigenvalue weighted by Crippen LogP contribution is -2.24. The third-order valence-electron chi connectivity index (χ3n) is 3.54. The van der Waals surface area contributed by atoms with Gasteiger partial charge in [0.2, 0.25) is 0 Å². The number of nitrogens with zero attached hydrogens (tertiary/aromatic N) is 2. The van der Waals surface area contributed by atoms with E-state index < -0.39 is 0 Å². The number of para-hydroxylation sites is 1. The third-order valence-corrected chi connectivity index (χ3v) is 3.54. The maximum atomic E-state index is 12.0. The van der Waals surface area contributed by atoms with Gasteiger partial charge < -0.3 is 15.2 Å². The maximum Gasteiger partial charge on any atom is 0.271 e. The predicted molar refractivity (Wildman–Crippen MR) is 77.6 cm³/mol. The normalized spacial score (nSPS) is 13.4. The van der Waals surface area contributed by atoms with Crippen LogP contribution in [-0.4, -0.2) is 22.0 Å². The highest BCUT2D eigenvalue weighted by Crippen LogP contribution is 2.25. The fourth-order valence-electron chi connectivity index (χ4n) is 2.52. The molecule has 1 amide bonds. The van der Waals surface area contributed by atoms with Crippen molar-refractivity contribution in [2.24, 2.45) is 7.05 Å². The molecular formula is C15H18N4O. The number of hydrogen-bond acceptors (Lipinski definition) is 3. The van der Waals surface area contributed by atoms with E-state index in [1.54, 1.807) is 17.1 Å². The molecular weight excluding hydrogens is 252 g/mol. The van der Waals surface area contributed by atoms with E-state index in [2.05, 4.69) is 27.8 Å². The monoisotopic (exact) mass is 270 g/mol. The van der Waals surface area contributed by atoms with Gasteiger partial charge in [0.1, 0.15) is 5.69 Å². The number of carbonyl (C=O) groups excluding carboxylic acids is 1. The van der Waals surface area contributed by atoms with Crippen LogP contribution >= 0.6 is 0 Å². The first-order valence-corrected chi connectivity index (χ1v) is 6.85. The first-order chi connectivity index (χ1) is 9.74. The number of carbonyl (C=O) groups is 1. The molecule has 1 aliphatic heterocycles. The summed E-state index contributed by atoms with van der Waals surface area (Å²) in [5.74, 6) is -0.140. The van der Waals surface area contributed by atoms with E-state index in [9.17, 15) is 4.79 Å². The van der Waals surface area contributed by atoms with Crippen molar-refractivity contribution in [2.45, 2.75) is 19.4 Å². The summed E-state index contributed by atoms with van der Waals surface area (Å²) in [5.41, 5.74) is 4.10. The zero-order valence-electron chi connectivity index (χ0n) is 11.5. The molecule has 3 rings (SSSR count). The molecule has 1 aliphatic rings. The van der Waals surface area contributed by atoms with Gasteiger partial charge in [-0.2, -0.15) is 0 Å². The van der Waals surface area contributed by atoms with Crippen molar-refractivity contribution in [3.8, 4) is 0 Å². The summed E-state index contributed by atoms with van der Waals surface area (Å²) in [5, 5.41) is 6.35. The number of aromatic nitrogens is 2. The SMILES string of the molecule is Cn1cnc(C(=O)NCc2cccc3c2NCCC3)c1. The van der Waals surface area contributed by atoms with Crippen LogP contribution in [0.25, 0.3) is 0 Å². The molecule has 0 spiro atoms. The molecule has 2 aromatic rings.